The standard InChI is InChI=1S/C7H2BrClF2N2O2S/c8-6-5(7(10)11)4(16(9,14)15)1-3(2-12)13-6/h1,7H. The molecule has 16 heavy (non-hydrogen) atoms. The maximum Gasteiger partial charge on any atom is 0.267 e. The first-order valence-electron chi connectivity index (χ1n) is 3.60. The van der Waals surface area contributed by atoms with Gasteiger partial charge >= 0.3 is 0 Å². The molecule has 9 heteroatoms. The maximum absolute atomic E-state index is 12.6. The van der Waals surface area contributed by atoms with Gasteiger partial charge in [-0.05, 0) is 22.0 Å². The van der Waals surface area contributed by atoms with Crippen LogP contribution in [0.1, 0.15) is 17.7 Å². The van der Waals surface area contributed by atoms with E-state index >= 15 is 0 Å². The lowest BCUT2D eigenvalue weighted by Crippen LogP contribution is -2.03. The molecule has 0 radical (unpaired) electrons. The van der Waals surface area contributed by atoms with E-state index in [2.05, 4.69) is 20.9 Å². The number of alkyl halides is 2. The topological polar surface area (TPSA) is 70.8 Å². The van der Waals surface area contributed by atoms with Crippen molar-refractivity contribution in [2.45, 2.75) is 11.3 Å². The van der Waals surface area contributed by atoms with E-state index in [1.165, 1.54) is 6.07 Å². The zero-order chi connectivity index (χ0) is 12.5. The highest BCUT2D eigenvalue weighted by Gasteiger charge is 2.26. The summed E-state index contributed by atoms with van der Waals surface area (Å²) in [7, 11) is 0.627. The molecule has 0 saturated carbocycles. The number of aromatic nitrogens is 1. The van der Waals surface area contributed by atoms with E-state index in [4.69, 9.17) is 15.9 Å². The normalized spacial score (nSPS) is 11.5. The summed E-state index contributed by atoms with van der Waals surface area (Å²) in [5.74, 6) is 0. The second-order valence-electron chi connectivity index (χ2n) is 2.56. The molecule has 4 nitrogen and oxygen atoms in total. The zero-order valence-electron chi connectivity index (χ0n) is 7.29. The highest BCUT2D eigenvalue weighted by atomic mass is 79.9. The summed E-state index contributed by atoms with van der Waals surface area (Å²) in [6.45, 7) is 0. The first-order valence-corrected chi connectivity index (χ1v) is 6.71. The van der Waals surface area contributed by atoms with E-state index in [0.717, 1.165) is 0 Å². The quantitative estimate of drug-likeness (QED) is 0.617. The van der Waals surface area contributed by atoms with Gasteiger partial charge in [0.2, 0.25) is 0 Å². The summed E-state index contributed by atoms with van der Waals surface area (Å²) in [6.07, 6.45) is -3.07. The van der Waals surface area contributed by atoms with E-state index in [9.17, 15) is 17.2 Å². The summed E-state index contributed by atoms with van der Waals surface area (Å²) in [4.78, 5) is 2.62. The van der Waals surface area contributed by atoms with E-state index < -0.39 is 30.5 Å². The Morgan fingerprint density at radius 1 is 1.56 bits per heavy atom. The summed E-state index contributed by atoms with van der Waals surface area (Å²) in [5.41, 5.74) is -1.18. The summed E-state index contributed by atoms with van der Waals surface area (Å²) >= 11 is 2.67. The minimum Gasteiger partial charge on any atom is -0.230 e. The molecule has 0 spiro atoms. The van der Waals surface area contributed by atoms with Crippen molar-refractivity contribution in [3.8, 4) is 6.07 Å². The van der Waals surface area contributed by atoms with Crippen LogP contribution in [0, 0.1) is 11.3 Å². The first-order chi connectivity index (χ1) is 7.27. The predicted octanol–water partition coefficient (Wildman–Crippen LogP) is 2.58. The zero-order valence-corrected chi connectivity index (χ0v) is 10.4. The molecule has 0 atom stereocenters. The SMILES string of the molecule is N#Cc1cc(S(=O)(=O)Cl)c(C(F)F)c(Br)n1. The van der Waals surface area contributed by atoms with Crippen LogP contribution in [0.25, 0.3) is 0 Å². The third-order valence-electron chi connectivity index (χ3n) is 1.57. The second-order valence-corrected chi connectivity index (χ2v) is 5.85. The fraction of sp³-hybridized carbons (Fsp3) is 0.143. The molecule has 1 aromatic heterocycles. The number of hydrogen-bond donors (Lipinski definition) is 0. The molecule has 0 aliphatic heterocycles. The van der Waals surface area contributed by atoms with Crippen molar-refractivity contribution in [2.24, 2.45) is 0 Å². The predicted molar refractivity (Wildman–Crippen MR) is 54.6 cm³/mol. The van der Waals surface area contributed by atoms with Gasteiger partial charge in [-0.2, -0.15) is 5.26 Å². The Morgan fingerprint density at radius 3 is 2.50 bits per heavy atom. The molecule has 0 aliphatic rings. The van der Waals surface area contributed by atoms with Crippen LogP contribution in [-0.4, -0.2) is 13.4 Å². The molecular weight excluding hydrogens is 330 g/mol. The van der Waals surface area contributed by atoms with Crippen LogP contribution < -0.4 is 0 Å². The molecule has 1 rings (SSSR count). The van der Waals surface area contributed by atoms with Crippen LogP contribution in [0.5, 0.6) is 0 Å². The first kappa shape index (κ1) is 13.3. The van der Waals surface area contributed by atoms with Crippen molar-refractivity contribution in [2.75, 3.05) is 0 Å². The van der Waals surface area contributed by atoms with Crippen molar-refractivity contribution in [1.82, 2.24) is 4.98 Å². The van der Waals surface area contributed by atoms with Gasteiger partial charge in [0.1, 0.15) is 16.4 Å². The summed E-state index contributed by atoms with van der Waals surface area (Å²) < 4.78 is 46.8. The molecule has 0 aromatic carbocycles. The molecule has 0 aliphatic carbocycles. The Morgan fingerprint density at radius 2 is 2.12 bits per heavy atom. The van der Waals surface area contributed by atoms with Crippen LogP contribution >= 0.6 is 26.6 Å². The van der Waals surface area contributed by atoms with E-state index in [-0.39, 0.29) is 5.69 Å². The Bertz CT molecular complexity index is 570. The number of rotatable bonds is 2. The van der Waals surface area contributed by atoms with Crippen molar-refractivity contribution in [3.63, 3.8) is 0 Å². The fourth-order valence-electron chi connectivity index (χ4n) is 0.958. The van der Waals surface area contributed by atoms with E-state index in [1.54, 1.807) is 0 Å². The Kier molecular flexibility index (Phi) is 3.83. The lowest BCUT2D eigenvalue weighted by molar-refractivity contribution is 0.146. The van der Waals surface area contributed by atoms with Crippen molar-refractivity contribution >= 4 is 35.7 Å². The minimum atomic E-state index is -4.36. The number of hydrogen-bond acceptors (Lipinski definition) is 4. The van der Waals surface area contributed by atoms with Gasteiger partial charge in [-0.15, -0.1) is 0 Å². The van der Waals surface area contributed by atoms with Crippen LogP contribution in [0.3, 0.4) is 0 Å². The van der Waals surface area contributed by atoms with Crippen LogP contribution in [0.2, 0.25) is 0 Å². The Balaban J connectivity index is 3.69. The van der Waals surface area contributed by atoms with Crippen LogP contribution in [-0.2, 0) is 9.05 Å². The smallest absolute Gasteiger partial charge is 0.230 e. The highest BCUT2D eigenvalue weighted by Crippen LogP contribution is 2.34. The monoisotopic (exact) mass is 330 g/mol. The summed E-state index contributed by atoms with van der Waals surface area (Å²) in [5, 5.41) is 8.52. The third-order valence-corrected chi connectivity index (χ3v) is 3.54. The van der Waals surface area contributed by atoms with Gasteiger partial charge in [0.05, 0.1) is 10.5 Å². The molecule has 0 fully saturated rings. The van der Waals surface area contributed by atoms with Gasteiger partial charge in [0, 0.05) is 10.7 Å². The van der Waals surface area contributed by atoms with Gasteiger partial charge in [-0.3, -0.25) is 0 Å². The molecule has 0 bridgehead atoms. The molecule has 0 amide bonds. The Hall–Kier alpha value is -0.780. The molecule has 1 aromatic rings. The number of pyridine rings is 1. The second kappa shape index (κ2) is 4.61. The average molecular weight is 332 g/mol. The Labute approximate surface area is 102 Å². The van der Waals surface area contributed by atoms with E-state index in [1.807, 2.05) is 0 Å². The number of nitriles is 1. The third kappa shape index (κ3) is 2.66. The van der Waals surface area contributed by atoms with Gasteiger partial charge < -0.3 is 0 Å². The average Bonchev–Trinajstić information content (AvgIpc) is 2.14. The van der Waals surface area contributed by atoms with Gasteiger partial charge in [-0.1, -0.05) is 0 Å². The van der Waals surface area contributed by atoms with Crippen LogP contribution in [0.4, 0.5) is 8.78 Å². The summed E-state index contributed by atoms with van der Waals surface area (Å²) in [6, 6.07) is 2.24. The molecule has 0 unspecified atom stereocenters. The van der Waals surface area contributed by atoms with Crippen LogP contribution in [0.15, 0.2) is 15.6 Å². The molecule has 0 saturated heterocycles. The largest absolute Gasteiger partial charge is 0.267 e. The van der Waals surface area contributed by atoms with Gasteiger partial charge in [-0.25, -0.2) is 22.2 Å². The molecular formula is C7H2BrClF2N2O2S. The van der Waals surface area contributed by atoms with Crippen molar-refractivity contribution in [3.05, 3.63) is 21.9 Å². The minimum absolute atomic E-state index is 0.324. The molecule has 86 valence electrons. The van der Waals surface area contributed by atoms with Crippen molar-refractivity contribution in [1.29, 1.82) is 5.26 Å². The van der Waals surface area contributed by atoms with E-state index in [0.29, 0.717) is 6.07 Å². The lowest BCUT2D eigenvalue weighted by Gasteiger charge is -2.07. The number of halogens is 4. The van der Waals surface area contributed by atoms with Gasteiger partial charge in [0.15, 0.2) is 0 Å². The molecule has 0 N–H and O–H groups in total. The fourth-order valence-corrected chi connectivity index (χ4v) is 2.75. The number of nitrogens with zero attached hydrogens (tertiary/aromatic N) is 2. The molecule has 1 heterocycles. The van der Waals surface area contributed by atoms with Gasteiger partial charge in [0.25, 0.3) is 15.5 Å². The highest BCUT2D eigenvalue weighted by molar-refractivity contribution is 9.10. The maximum atomic E-state index is 12.6. The lowest BCUT2D eigenvalue weighted by atomic mass is 10.2. The van der Waals surface area contributed by atoms with Crippen molar-refractivity contribution < 1.29 is 17.2 Å².